The van der Waals surface area contributed by atoms with Crippen LogP contribution in [0.3, 0.4) is 0 Å². The fraction of sp³-hybridized carbons (Fsp3) is 0.214. The highest BCUT2D eigenvalue weighted by Gasteiger charge is 2.37. The van der Waals surface area contributed by atoms with E-state index in [1.807, 2.05) is 13.0 Å². The van der Waals surface area contributed by atoms with Gasteiger partial charge in [-0.1, -0.05) is 0 Å². The number of rotatable bonds is 2. The van der Waals surface area contributed by atoms with Crippen molar-refractivity contribution < 1.29 is 9.72 Å². The lowest BCUT2D eigenvalue weighted by molar-refractivity contribution is -0.428. The van der Waals surface area contributed by atoms with Gasteiger partial charge in [0, 0.05) is 35.2 Å². The molecule has 1 saturated heterocycles. The average Bonchev–Trinajstić information content (AvgIpc) is 2.94. The maximum Gasteiger partial charge on any atom is 0.252 e. The first-order valence-electron chi connectivity index (χ1n) is 6.28. The molecule has 1 atom stereocenters. The number of aryl methyl sites for hydroxylation is 1. The number of aromatic amines is 1. The smallest absolute Gasteiger partial charge is 0.252 e. The number of amides is 1. The molecule has 1 amide bonds. The Kier molecular flexibility index (Phi) is 2.78. The molecule has 0 saturated carbocycles. The second-order valence-electron chi connectivity index (χ2n) is 4.92. The Morgan fingerprint density at radius 3 is 2.90 bits per heavy atom. The summed E-state index contributed by atoms with van der Waals surface area (Å²) < 4.78 is 0. The topological polar surface area (TPSA) is 88.0 Å². The first-order chi connectivity index (χ1) is 9.56. The van der Waals surface area contributed by atoms with Gasteiger partial charge in [-0.3, -0.25) is 14.9 Å². The van der Waals surface area contributed by atoms with Crippen molar-refractivity contribution in [3.05, 3.63) is 62.8 Å². The number of nitrogens with one attached hydrogen (secondary N) is 2. The molecule has 20 heavy (non-hydrogen) atoms. The van der Waals surface area contributed by atoms with E-state index in [1.165, 1.54) is 6.08 Å². The van der Waals surface area contributed by atoms with Crippen molar-refractivity contribution in [1.82, 2.24) is 10.3 Å². The van der Waals surface area contributed by atoms with Crippen LogP contribution in [0, 0.1) is 23.0 Å². The molecular formula is C14H13N3O3. The summed E-state index contributed by atoms with van der Waals surface area (Å²) in [5.41, 5.74) is 3.31. The standard InChI is InChI=1S/C14H13N3O3/c1-8-4-5-15-13(8)7-11-10-6-9(17(19)20)2-3-12(10)16-14(11)18/h2-5,7,10,15H,6H2,1H3,(H,16,18). The molecule has 1 aromatic heterocycles. The lowest BCUT2D eigenvalue weighted by atomic mass is 9.90. The minimum Gasteiger partial charge on any atom is -0.361 e. The zero-order chi connectivity index (χ0) is 14.3. The lowest BCUT2D eigenvalue weighted by Gasteiger charge is -2.13. The third kappa shape index (κ3) is 1.95. The average molecular weight is 271 g/mol. The van der Waals surface area contributed by atoms with E-state index in [1.54, 1.807) is 18.3 Å². The molecule has 1 aromatic rings. The number of fused-ring (bicyclic) bond motifs is 1. The SMILES string of the molecule is Cc1cc[nH]c1C=C1C(=O)NC2=CC=C([N+](=O)[O-])CC21. The third-order valence-electron chi connectivity index (χ3n) is 3.67. The zero-order valence-corrected chi connectivity index (χ0v) is 10.8. The van der Waals surface area contributed by atoms with Crippen LogP contribution in [-0.4, -0.2) is 15.8 Å². The van der Waals surface area contributed by atoms with Crippen molar-refractivity contribution in [1.29, 1.82) is 0 Å². The molecule has 1 aliphatic heterocycles. The van der Waals surface area contributed by atoms with Crippen molar-refractivity contribution >= 4 is 12.0 Å². The highest BCUT2D eigenvalue weighted by Crippen LogP contribution is 2.36. The number of aromatic nitrogens is 1. The Morgan fingerprint density at radius 1 is 1.45 bits per heavy atom. The summed E-state index contributed by atoms with van der Waals surface area (Å²) in [6.45, 7) is 1.94. The van der Waals surface area contributed by atoms with Crippen molar-refractivity contribution in [3.63, 3.8) is 0 Å². The number of hydrogen-bond acceptors (Lipinski definition) is 3. The van der Waals surface area contributed by atoms with Crippen molar-refractivity contribution in [3.8, 4) is 0 Å². The first-order valence-corrected chi connectivity index (χ1v) is 6.28. The number of carbonyl (C=O) groups excluding carboxylic acids is 1. The van der Waals surface area contributed by atoms with Gasteiger partial charge in [0.2, 0.25) is 5.70 Å². The maximum atomic E-state index is 12.0. The van der Waals surface area contributed by atoms with Gasteiger partial charge in [-0.15, -0.1) is 0 Å². The van der Waals surface area contributed by atoms with Gasteiger partial charge in [0.25, 0.3) is 5.91 Å². The van der Waals surface area contributed by atoms with Crippen LogP contribution in [0.2, 0.25) is 0 Å². The fourth-order valence-corrected chi connectivity index (χ4v) is 2.53. The lowest BCUT2D eigenvalue weighted by Crippen LogP contribution is -2.15. The van der Waals surface area contributed by atoms with Gasteiger partial charge >= 0.3 is 0 Å². The van der Waals surface area contributed by atoms with Crippen LogP contribution < -0.4 is 5.32 Å². The van der Waals surface area contributed by atoms with Gasteiger partial charge in [0.1, 0.15) is 0 Å². The van der Waals surface area contributed by atoms with Crippen LogP contribution in [0.15, 0.2) is 41.4 Å². The van der Waals surface area contributed by atoms with E-state index in [2.05, 4.69) is 10.3 Å². The number of hydrogen-bond donors (Lipinski definition) is 2. The molecule has 2 aliphatic rings. The number of nitrogens with zero attached hydrogens (tertiary/aromatic N) is 1. The molecule has 0 spiro atoms. The summed E-state index contributed by atoms with van der Waals surface area (Å²) in [6.07, 6.45) is 6.89. The molecule has 102 valence electrons. The molecule has 1 aliphatic carbocycles. The highest BCUT2D eigenvalue weighted by atomic mass is 16.6. The van der Waals surface area contributed by atoms with E-state index in [0.29, 0.717) is 5.57 Å². The molecule has 2 heterocycles. The quantitative estimate of drug-likeness (QED) is 0.489. The molecule has 0 aromatic carbocycles. The summed E-state index contributed by atoms with van der Waals surface area (Å²) in [5, 5.41) is 13.6. The molecule has 0 bridgehead atoms. The molecule has 3 rings (SSSR count). The van der Waals surface area contributed by atoms with E-state index in [9.17, 15) is 14.9 Å². The Bertz CT molecular complexity index is 694. The van der Waals surface area contributed by atoms with Crippen molar-refractivity contribution in [2.75, 3.05) is 0 Å². The third-order valence-corrected chi connectivity index (χ3v) is 3.67. The second-order valence-corrected chi connectivity index (χ2v) is 4.92. The van der Waals surface area contributed by atoms with Crippen LogP contribution >= 0.6 is 0 Å². The van der Waals surface area contributed by atoms with E-state index < -0.39 is 4.92 Å². The summed E-state index contributed by atoms with van der Waals surface area (Å²) in [7, 11) is 0. The van der Waals surface area contributed by atoms with E-state index >= 15 is 0 Å². The van der Waals surface area contributed by atoms with E-state index in [4.69, 9.17) is 0 Å². The molecule has 1 unspecified atom stereocenters. The number of nitro groups is 1. The Labute approximate surface area is 115 Å². The number of H-pyrrole nitrogens is 1. The van der Waals surface area contributed by atoms with Crippen LogP contribution in [0.4, 0.5) is 0 Å². The van der Waals surface area contributed by atoms with E-state index in [-0.39, 0.29) is 23.9 Å². The molecule has 0 radical (unpaired) electrons. The highest BCUT2D eigenvalue weighted by molar-refractivity contribution is 6.03. The largest absolute Gasteiger partial charge is 0.361 e. The molecule has 1 fully saturated rings. The summed E-state index contributed by atoms with van der Waals surface area (Å²) in [6, 6.07) is 1.92. The normalized spacial score (nSPS) is 23.1. The number of allylic oxidation sites excluding steroid dienone is 4. The maximum absolute atomic E-state index is 12.0. The monoisotopic (exact) mass is 271 g/mol. The second kappa shape index (κ2) is 4.48. The van der Waals surface area contributed by atoms with Crippen LogP contribution in [0.5, 0.6) is 0 Å². The molecular weight excluding hydrogens is 258 g/mol. The minimum absolute atomic E-state index is 0.129. The van der Waals surface area contributed by atoms with Gasteiger partial charge in [-0.25, -0.2) is 0 Å². The number of carbonyl (C=O) groups is 1. The summed E-state index contributed by atoms with van der Waals surface area (Å²) in [4.78, 5) is 25.6. The van der Waals surface area contributed by atoms with Gasteiger partial charge in [0.05, 0.1) is 11.3 Å². The van der Waals surface area contributed by atoms with Crippen LogP contribution in [0.1, 0.15) is 17.7 Å². The van der Waals surface area contributed by atoms with Gasteiger partial charge in [0.15, 0.2) is 0 Å². The predicted octanol–water partition coefficient (Wildman–Crippen LogP) is 1.90. The van der Waals surface area contributed by atoms with Crippen molar-refractivity contribution in [2.45, 2.75) is 13.3 Å². The van der Waals surface area contributed by atoms with Gasteiger partial charge in [-0.2, -0.15) is 0 Å². The van der Waals surface area contributed by atoms with Gasteiger partial charge < -0.3 is 10.3 Å². The Balaban J connectivity index is 1.98. The fourth-order valence-electron chi connectivity index (χ4n) is 2.53. The summed E-state index contributed by atoms with van der Waals surface area (Å²) in [5.74, 6) is -0.441. The Hall–Kier alpha value is -2.63. The minimum atomic E-state index is -0.395. The molecule has 2 N–H and O–H groups in total. The Morgan fingerprint density at radius 2 is 2.25 bits per heavy atom. The van der Waals surface area contributed by atoms with Crippen molar-refractivity contribution in [2.24, 2.45) is 5.92 Å². The zero-order valence-electron chi connectivity index (χ0n) is 10.8. The van der Waals surface area contributed by atoms with E-state index in [0.717, 1.165) is 17.0 Å². The summed E-state index contributed by atoms with van der Waals surface area (Å²) >= 11 is 0. The predicted molar refractivity (Wildman–Crippen MR) is 72.9 cm³/mol. The molecule has 6 heteroatoms. The molecule has 6 nitrogen and oxygen atoms in total. The first kappa shape index (κ1) is 12.4. The van der Waals surface area contributed by atoms with Crippen LogP contribution in [-0.2, 0) is 4.79 Å². The van der Waals surface area contributed by atoms with Crippen LogP contribution in [0.25, 0.3) is 6.08 Å². The van der Waals surface area contributed by atoms with Gasteiger partial charge in [-0.05, 0) is 30.7 Å².